The quantitative estimate of drug-likeness (QED) is 0.397. The van der Waals surface area contributed by atoms with E-state index < -0.39 is 5.09 Å². The molecule has 0 aromatic rings. The molecule has 0 atom stereocenters. The van der Waals surface area contributed by atoms with Crippen LogP contribution in [0.3, 0.4) is 0 Å². The maximum atomic E-state index is 8.36. The molecule has 0 fully saturated rings. The van der Waals surface area contributed by atoms with Crippen molar-refractivity contribution in [3.8, 4) is 0 Å². The topological polar surface area (TPSA) is 63.4 Å². The van der Waals surface area contributed by atoms with E-state index in [0.717, 1.165) is 0 Å². The molecule has 1 N–H and O–H groups in total. The van der Waals surface area contributed by atoms with Gasteiger partial charge in [-0.3, -0.25) is 0 Å². The van der Waals surface area contributed by atoms with Crippen molar-refractivity contribution in [2.45, 2.75) is 0 Å². The van der Waals surface area contributed by atoms with Crippen LogP contribution in [0.25, 0.3) is 0 Å². The average Bonchev–Trinajstić information content (AvgIpc) is 1.41. The first-order valence-electron chi connectivity index (χ1n) is 0.708. The maximum Gasteiger partial charge on any atom is 0.291 e. The number of hydrogen-bond donors (Lipinski definition) is 1. The minimum absolute atomic E-state index is 1.50. The van der Waals surface area contributed by atoms with Crippen molar-refractivity contribution in [2.24, 2.45) is 0 Å². The van der Waals surface area contributed by atoms with Crippen molar-refractivity contribution in [1.29, 1.82) is 0 Å². The van der Waals surface area contributed by atoms with Gasteiger partial charge in [0, 0.05) is 21.7 Å². The Labute approximate surface area is 43.0 Å². The molecule has 0 unspecified atom stereocenters. The third kappa shape index (κ3) is 604. The summed E-state index contributed by atoms with van der Waals surface area (Å²) in [4.78, 5) is 8.36. The van der Waals surface area contributed by atoms with Crippen LogP contribution in [0.15, 0.2) is 0 Å². The monoisotopic (exact) mass is 133 g/mol. The van der Waals surface area contributed by atoms with Crippen molar-refractivity contribution in [3.05, 3.63) is 10.1 Å². The summed E-state index contributed by atoms with van der Waals surface area (Å²) in [7, 11) is 8.22. The second-order valence-electron chi connectivity index (χ2n) is 0.238. The van der Waals surface area contributed by atoms with Crippen molar-refractivity contribution in [3.63, 3.8) is 0 Å². The van der Waals surface area contributed by atoms with Crippen LogP contribution in [0.2, 0.25) is 0 Å². The molecule has 6 heteroatoms. The van der Waals surface area contributed by atoms with Gasteiger partial charge in [-0.15, -0.1) is 10.1 Å². The molecular weight excluding hydrogens is 133 g/mol. The molecule has 0 bridgehead atoms. The molecule has 0 aliphatic carbocycles. The van der Waals surface area contributed by atoms with E-state index in [2.05, 4.69) is 21.7 Å². The largest absolute Gasteiger partial charge is 0.328 e. The Balaban J connectivity index is 0. The molecule has 0 aliphatic heterocycles. The Morgan fingerprint density at radius 1 is 1.67 bits per heavy atom. The molecule has 0 heterocycles. The molecule has 38 valence electrons. The van der Waals surface area contributed by atoms with E-state index in [1.54, 1.807) is 0 Å². The fourth-order valence-electron chi connectivity index (χ4n) is 0. The van der Waals surface area contributed by atoms with Crippen LogP contribution < -0.4 is 0 Å². The summed E-state index contributed by atoms with van der Waals surface area (Å²) in [6.07, 6.45) is 0. The normalized spacial score (nSPS) is 5.00. The zero-order chi connectivity index (χ0) is 5.58. The summed E-state index contributed by atoms with van der Waals surface area (Å²) in [5.41, 5.74) is 0. The highest BCUT2D eigenvalue weighted by Gasteiger charge is 1.65. The summed E-state index contributed by atoms with van der Waals surface area (Å²) in [6.45, 7) is 0. The maximum absolute atomic E-state index is 8.36. The van der Waals surface area contributed by atoms with Crippen LogP contribution in [0.1, 0.15) is 0 Å². The molecule has 0 radical (unpaired) electrons. The van der Waals surface area contributed by atoms with Crippen LogP contribution in [-0.2, 0) is 0 Å². The fourth-order valence-corrected chi connectivity index (χ4v) is 0. The highest BCUT2D eigenvalue weighted by molar-refractivity contribution is 6.85. The van der Waals surface area contributed by atoms with Gasteiger partial charge >= 0.3 is 0 Å². The van der Waals surface area contributed by atoms with Gasteiger partial charge in [-0.25, -0.2) is 0 Å². The van der Waals surface area contributed by atoms with E-state index >= 15 is 0 Å². The summed E-state index contributed by atoms with van der Waals surface area (Å²) in [5, 5.41) is 13.6. The zero-order valence-electron chi connectivity index (χ0n) is 2.47. The highest BCUT2D eigenvalue weighted by Crippen LogP contribution is 1.69. The molecule has 0 aromatic carbocycles. The van der Waals surface area contributed by atoms with E-state index in [-0.39, 0.29) is 0 Å². The fraction of sp³-hybridized carbons (Fsp3) is 0. The van der Waals surface area contributed by atoms with Crippen LogP contribution in [0.5, 0.6) is 0 Å². The number of halogens is 2. The number of nitrogens with zero attached hydrogens (tertiary/aromatic N) is 1. The first-order chi connectivity index (χ1) is 2.73. The highest BCUT2D eigenvalue weighted by atomic mass is 36.5. The summed E-state index contributed by atoms with van der Waals surface area (Å²) < 4.78 is 0. The predicted molar refractivity (Wildman–Crippen MR) is 20.5 cm³/mol. The lowest BCUT2D eigenvalue weighted by Gasteiger charge is -1.56. The molecule has 0 saturated heterocycles. The number of rotatable bonds is 0. The van der Waals surface area contributed by atoms with Gasteiger partial charge in [0.25, 0.3) is 5.09 Å². The molecule has 0 spiro atoms. The molecule has 0 rings (SSSR count). The lowest BCUT2D eigenvalue weighted by atomic mass is 13.1. The van der Waals surface area contributed by atoms with Crippen molar-refractivity contribution in [1.82, 2.24) is 0 Å². The van der Waals surface area contributed by atoms with Crippen LogP contribution in [0, 0.1) is 10.1 Å². The van der Waals surface area contributed by atoms with Gasteiger partial charge in [0.2, 0.25) is 0 Å². The van der Waals surface area contributed by atoms with E-state index in [1.807, 2.05) is 0 Å². The van der Waals surface area contributed by atoms with Gasteiger partial charge in [-0.05, 0) is 0 Å². The predicted octanol–water partition coefficient (Wildman–Crippen LogP) is 1.03. The average molecular weight is 134 g/mol. The molecule has 0 aromatic heterocycles. The van der Waals surface area contributed by atoms with Crippen molar-refractivity contribution in [2.75, 3.05) is 0 Å². The van der Waals surface area contributed by atoms with Gasteiger partial charge in [0.15, 0.2) is 0 Å². The Hall–Kier alpha value is -0.220. The molecule has 4 nitrogen and oxygen atoms in total. The molecule has 0 aliphatic rings. The Morgan fingerprint density at radius 3 is 1.67 bits per heavy atom. The van der Waals surface area contributed by atoms with E-state index in [0.29, 0.717) is 0 Å². The minimum Gasteiger partial charge on any atom is -0.328 e. The number of hydrogen-bond acceptors (Lipinski definition) is 2. The smallest absolute Gasteiger partial charge is 0.291 e. The lowest BCUT2D eigenvalue weighted by Crippen LogP contribution is -1.81. The first kappa shape index (κ1) is 9.24. The second-order valence-corrected chi connectivity index (χ2v) is 0.238. The Bertz CT molecular complexity index is 31.8. The van der Waals surface area contributed by atoms with Gasteiger partial charge in [0.1, 0.15) is 0 Å². The molecule has 0 saturated carbocycles. The van der Waals surface area contributed by atoms with Crippen LogP contribution in [0.4, 0.5) is 0 Å². The summed E-state index contributed by atoms with van der Waals surface area (Å²) >= 11 is 0. The molecular formula is HCl2NO3. The van der Waals surface area contributed by atoms with Crippen molar-refractivity contribution < 1.29 is 10.3 Å². The van der Waals surface area contributed by atoms with Crippen LogP contribution >= 0.6 is 21.7 Å². The van der Waals surface area contributed by atoms with E-state index in [1.165, 1.54) is 0 Å². The first-order valence-corrected chi connectivity index (χ1v) is 1.85. The Morgan fingerprint density at radius 2 is 1.67 bits per heavy atom. The van der Waals surface area contributed by atoms with Crippen LogP contribution in [-0.4, -0.2) is 10.3 Å². The van der Waals surface area contributed by atoms with E-state index in [9.17, 15) is 0 Å². The van der Waals surface area contributed by atoms with E-state index in [4.69, 9.17) is 15.3 Å². The summed E-state index contributed by atoms with van der Waals surface area (Å²) in [5.74, 6) is 0. The SMILES string of the molecule is ClCl.O=[N+]([O-])O. The summed E-state index contributed by atoms with van der Waals surface area (Å²) in [6, 6.07) is 0. The van der Waals surface area contributed by atoms with Crippen molar-refractivity contribution >= 4 is 21.7 Å². The Kier molecular flexibility index (Phi) is 13.6. The lowest BCUT2D eigenvalue weighted by molar-refractivity contribution is -0.742. The second kappa shape index (κ2) is 8.84. The third-order valence-electron chi connectivity index (χ3n) is 0. The standard InChI is InChI=1S/Cl2.HNO3/c1-2;2-1(3)4/h;(H,2,3,4). The van der Waals surface area contributed by atoms with Gasteiger partial charge in [-0.2, -0.15) is 0 Å². The minimum atomic E-state index is -1.50. The molecule has 0 amide bonds. The van der Waals surface area contributed by atoms with Gasteiger partial charge < -0.3 is 5.21 Å². The molecule has 6 heavy (non-hydrogen) atoms. The van der Waals surface area contributed by atoms with Gasteiger partial charge in [-0.1, -0.05) is 0 Å². The van der Waals surface area contributed by atoms with Gasteiger partial charge in [0.05, 0.1) is 0 Å². The zero-order valence-corrected chi connectivity index (χ0v) is 3.98. The third-order valence-corrected chi connectivity index (χ3v) is 0.